The van der Waals surface area contributed by atoms with Crippen molar-refractivity contribution in [2.24, 2.45) is 0 Å². The second-order valence-electron chi connectivity index (χ2n) is 2.57. The molecule has 0 bridgehead atoms. The first-order valence-electron chi connectivity index (χ1n) is 3.99. The van der Waals surface area contributed by atoms with Crippen LogP contribution in [0.2, 0.25) is 5.15 Å². The molecule has 0 aromatic carbocycles. The summed E-state index contributed by atoms with van der Waals surface area (Å²) in [6, 6.07) is 7.80. The lowest BCUT2D eigenvalue weighted by molar-refractivity contribution is 0.972. The Hall–Kier alpha value is -0.580. The van der Waals surface area contributed by atoms with Gasteiger partial charge in [-0.15, -0.1) is 28.2 Å². The first-order chi connectivity index (χ1) is 6.84. The molecule has 0 atom stereocenters. The highest BCUT2D eigenvalue weighted by Crippen LogP contribution is 2.26. The summed E-state index contributed by atoms with van der Waals surface area (Å²) in [5.41, 5.74) is 0.952. The molecule has 2 rings (SSSR count). The van der Waals surface area contributed by atoms with Crippen molar-refractivity contribution in [2.75, 3.05) is 0 Å². The van der Waals surface area contributed by atoms with E-state index in [0.29, 0.717) is 5.15 Å². The molecule has 0 fully saturated rings. The molecular formula is C9H7ClN2S2. The third-order valence-corrected chi connectivity index (χ3v) is 3.91. The normalized spacial score (nSPS) is 10.4. The van der Waals surface area contributed by atoms with Crippen LogP contribution in [-0.4, -0.2) is 10.2 Å². The van der Waals surface area contributed by atoms with E-state index in [2.05, 4.69) is 21.6 Å². The van der Waals surface area contributed by atoms with Crippen LogP contribution >= 0.6 is 34.7 Å². The number of halogens is 1. The molecule has 0 aliphatic carbocycles. The predicted octanol–water partition coefficient (Wildman–Crippen LogP) is 3.48. The number of nitrogens with zero attached hydrogens (tertiary/aromatic N) is 2. The van der Waals surface area contributed by atoms with Gasteiger partial charge in [0.15, 0.2) is 5.15 Å². The minimum atomic E-state index is 0.440. The van der Waals surface area contributed by atoms with E-state index in [-0.39, 0.29) is 0 Å². The first kappa shape index (κ1) is 9.96. The van der Waals surface area contributed by atoms with Gasteiger partial charge < -0.3 is 0 Å². The van der Waals surface area contributed by atoms with Crippen LogP contribution in [0.25, 0.3) is 0 Å². The number of thiophene rings is 1. The molecule has 2 nitrogen and oxygen atoms in total. The standard InChI is InChI=1S/C9H7ClN2S2/c10-8-4-3-7(11-12-8)6-14-9-2-1-5-13-9/h1-5H,6H2. The monoisotopic (exact) mass is 242 g/mol. The van der Waals surface area contributed by atoms with Crippen LogP contribution in [-0.2, 0) is 5.75 Å². The van der Waals surface area contributed by atoms with Crippen molar-refractivity contribution in [1.82, 2.24) is 10.2 Å². The van der Waals surface area contributed by atoms with Gasteiger partial charge in [-0.1, -0.05) is 17.7 Å². The van der Waals surface area contributed by atoms with Gasteiger partial charge in [0.2, 0.25) is 0 Å². The van der Waals surface area contributed by atoms with E-state index in [9.17, 15) is 0 Å². The molecule has 0 saturated carbocycles. The van der Waals surface area contributed by atoms with E-state index in [1.165, 1.54) is 4.21 Å². The molecule has 14 heavy (non-hydrogen) atoms. The van der Waals surface area contributed by atoms with Gasteiger partial charge in [-0.05, 0) is 23.6 Å². The van der Waals surface area contributed by atoms with Gasteiger partial charge in [-0.25, -0.2) is 0 Å². The van der Waals surface area contributed by atoms with Gasteiger partial charge in [0.05, 0.1) is 9.90 Å². The lowest BCUT2D eigenvalue weighted by atomic mass is 10.4. The van der Waals surface area contributed by atoms with E-state index >= 15 is 0 Å². The Labute approximate surface area is 95.3 Å². The Bertz CT molecular complexity index is 386. The average molecular weight is 243 g/mol. The summed E-state index contributed by atoms with van der Waals surface area (Å²) in [4.78, 5) is 0. The van der Waals surface area contributed by atoms with Gasteiger partial charge in [-0.3, -0.25) is 0 Å². The zero-order valence-corrected chi connectivity index (χ0v) is 9.57. The fraction of sp³-hybridized carbons (Fsp3) is 0.111. The molecule has 0 N–H and O–H groups in total. The maximum Gasteiger partial charge on any atom is 0.151 e. The highest BCUT2D eigenvalue weighted by Gasteiger charge is 1.98. The third-order valence-electron chi connectivity index (χ3n) is 1.54. The van der Waals surface area contributed by atoms with Gasteiger partial charge >= 0.3 is 0 Å². The van der Waals surface area contributed by atoms with Gasteiger partial charge in [0.1, 0.15) is 0 Å². The zero-order chi connectivity index (χ0) is 9.80. The zero-order valence-electron chi connectivity index (χ0n) is 7.18. The fourth-order valence-electron chi connectivity index (χ4n) is 0.911. The minimum absolute atomic E-state index is 0.440. The molecule has 0 aliphatic heterocycles. The summed E-state index contributed by atoms with van der Waals surface area (Å²) in [5, 5.41) is 10.3. The van der Waals surface area contributed by atoms with Crippen molar-refractivity contribution in [3.05, 3.63) is 40.5 Å². The molecule has 0 radical (unpaired) electrons. The molecular weight excluding hydrogens is 236 g/mol. The molecule has 0 aliphatic rings. The van der Waals surface area contributed by atoms with Gasteiger partial charge in [0.25, 0.3) is 0 Å². The number of thioether (sulfide) groups is 1. The van der Waals surface area contributed by atoms with Crippen molar-refractivity contribution in [3.63, 3.8) is 0 Å². The Kier molecular flexibility index (Phi) is 3.39. The average Bonchev–Trinajstić information content (AvgIpc) is 2.70. The quantitative estimate of drug-likeness (QED) is 0.771. The Balaban J connectivity index is 1.95. The minimum Gasteiger partial charge on any atom is -0.153 e. The molecule has 2 aromatic heterocycles. The molecule has 0 unspecified atom stereocenters. The van der Waals surface area contributed by atoms with Crippen LogP contribution in [0.15, 0.2) is 33.9 Å². The van der Waals surface area contributed by atoms with Gasteiger partial charge in [-0.2, -0.15) is 5.10 Å². The lowest BCUT2D eigenvalue weighted by Gasteiger charge is -1.97. The number of hydrogen-bond donors (Lipinski definition) is 0. The van der Waals surface area contributed by atoms with Crippen LogP contribution in [0.3, 0.4) is 0 Å². The summed E-state index contributed by atoms with van der Waals surface area (Å²) >= 11 is 9.13. The lowest BCUT2D eigenvalue weighted by Crippen LogP contribution is -1.89. The molecule has 0 spiro atoms. The first-order valence-corrected chi connectivity index (χ1v) is 6.23. The van der Waals surface area contributed by atoms with Gasteiger partial charge in [0, 0.05) is 5.75 Å². The SMILES string of the molecule is Clc1ccc(CSc2cccs2)nn1. The molecule has 0 saturated heterocycles. The molecule has 72 valence electrons. The predicted molar refractivity (Wildman–Crippen MR) is 60.9 cm³/mol. The maximum absolute atomic E-state index is 5.63. The van der Waals surface area contributed by atoms with E-state index in [1.807, 2.05) is 12.1 Å². The van der Waals surface area contributed by atoms with Crippen LogP contribution in [0.4, 0.5) is 0 Å². The topological polar surface area (TPSA) is 25.8 Å². The van der Waals surface area contributed by atoms with Crippen molar-refractivity contribution in [1.29, 1.82) is 0 Å². The van der Waals surface area contributed by atoms with Crippen molar-refractivity contribution in [3.8, 4) is 0 Å². The van der Waals surface area contributed by atoms with Crippen LogP contribution in [0.5, 0.6) is 0 Å². The van der Waals surface area contributed by atoms with Crippen LogP contribution in [0, 0.1) is 0 Å². The summed E-state index contributed by atoms with van der Waals surface area (Å²) in [7, 11) is 0. The largest absolute Gasteiger partial charge is 0.153 e. The smallest absolute Gasteiger partial charge is 0.151 e. The van der Waals surface area contributed by atoms with Crippen molar-refractivity contribution in [2.45, 2.75) is 9.96 Å². The third kappa shape index (κ3) is 2.70. The summed E-state index contributed by atoms with van der Waals surface area (Å²) in [5.74, 6) is 0.838. The van der Waals surface area contributed by atoms with E-state index in [0.717, 1.165) is 11.4 Å². The van der Waals surface area contributed by atoms with Crippen LogP contribution < -0.4 is 0 Å². The fourth-order valence-corrected chi connectivity index (χ4v) is 2.69. The summed E-state index contributed by atoms with van der Waals surface area (Å²) in [6.07, 6.45) is 0. The molecule has 2 aromatic rings. The molecule has 5 heteroatoms. The van der Waals surface area contributed by atoms with E-state index in [1.54, 1.807) is 29.2 Å². The highest BCUT2D eigenvalue weighted by molar-refractivity contribution is 8.00. The Morgan fingerprint density at radius 1 is 1.29 bits per heavy atom. The van der Waals surface area contributed by atoms with Crippen molar-refractivity contribution >= 4 is 34.7 Å². The second-order valence-corrected chi connectivity index (χ2v) is 5.18. The van der Waals surface area contributed by atoms with Crippen LogP contribution in [0.1, 0.15) is 5.69 Å². The number of hydrogen-bond acceptors (Lipinski definition) is 4. The highest BCUT2D eigenvalue weighted by atomic mass is 35.5. The van der Waals surface area contributed by atoms with E-state index in [4.69, 9.17) is 11.6 Å². The van der Waals surface area contributed by atoms with Crippen molar-refractivity contribution < 1.29 is 0 Å². The number of rotatable bonds is 3. The second kappa shape index (κ2) is 4.77. The summed E-state index contributed by atoms with van der Waals surface area (Å²) < 4.78 is 1.29. The Morgan fingerprint density at radius 2 is 2.21 bits per heavy atom. The molecule has 0 amide bonds. The van der Waals surface area contributed by atoms with E-state index < -0.39 is 0 Å². The molecule has 2 heterocycles. The number of aromatic nitrogens is 2. The Morgan fingerprint density at radius 3 is 2.86 bits per heavy atom. The summed E-state index contributed by atoms with van der Waals surface area (Å²) in [6.45, 7) is 0. The maximum atomic E-state index is 5.63.